The smallest absolute Gasteiger partial charge is 0.308 e. The van der Waals surface area contributed by atoms with Crippen LogP contribution in [-0.4, -0.2) is 20.8 Å². The monoisotopic (exact) mass is 443 g/mol. The molecule has 0 fully saturated rings. The van der Waals surface area contributed by atoms with Gasteiger partial charge >= 0.3 is 12.2 Å². The van der Waals surface area contributed by atoms with Gasteiger partial charge in [0.2, 0.25) is 0 Å². The molecule has 4 rings (SSSR count). The molecule has 2 amide bonds. The van der Waals surface area contributed by atoms with Gasteiger partial charge in [0.25, 0.3) is 0 Å². The summed E-state index contributed by atoms with van der Waals surface area (Å²) in [5, 5.41) is 9.68. The number of halogens is 4. The number of anilines is 2. The first-order chi connectivity index (χ1) is 15.3. The largest absolute Gasteiger partial charge is 0.416 e. The molecule has 0 aliphatic heterocycles. The van der Waals surface area contributed by atoms with E-state index in [1.807, 2.05) is 6.92 Å². The van der Waals surface area contributed by atoms with Crippen molar-refractivity contribution in [1.29, 1.82) is 0 Å². The van der Waals surface area contributed by atoms with E-state index in [-0.39, 0.29) is 11.4 Å². The maximum absolute atomic E-state index is 14.7. The molecule has 0 saturated carbocycles. The van der Waals surface area contributed by atoms with Crippen LogP contribution in [0.2, 0.25) is 0 Å². The minimum Gasteiger partial charge on any atom is -0.308 e. The third-order valence-corrected chi connectivity index (χ3v) is 4.85. The first-order valence-electron chi connectivity index (χ1n) is 9.61. The third kappa shape index (κ3) is 4.25. The Hall–Kier alpha value is -3.95. The van der Waals surface area contributed by atoms with Crippen LogP contribution in [0.15, 0.2) is 61.1 Å². The van der Waals surface area contributed by atoms with Crippen LogP contribution in [0.5, 0.6) is 0 Å². The molecule has 0 aliphatic rings. The second-order valence-corrected chi connectivity index (χ2v) is 6.93. The molecule has 2 aromatic heterocycles. The summed E-state index contributed by atoms with van der Waals surface area (Å²) in [7, 11) is 0. The lowest BCUT2D eigenvalue weighted by Crippen LogP contribution is -2.20. The lowest BCUT2D eigenvalue weighted by Gasteiger charge is -2.12. The van der Waals surface area contributed by atoms with Gasteiger partial charge in [0.15, 0.2) is 0 Å². The topological polar surface area (TPSA) is 71.8 Å². The van der Waals surface area contributed by atoms with Crippen LogP contribution in [0.3, 0.4) is 0 Å². The van der Waals surface area contributed by atoms with Crippen molar-refractivity contribution in [3.63, 3.8) is 0 Å². The highest BCUT2D eigenvalue weighted by molar-refractivity contribution is 6.00. The van der Waals surface area contributed by atoms with Crippen LogP contribution in [0.25, 0.3) is 22.0 Å². The van der Waals surface area contributed by atoms with E-state index in [0.29, 0.717) is 17.7 Å². The molecule has 0 saturated heterocycles. The third-order valence-electron chi connectivity index (χ3n) is 4.85. The summed E-state index contributed by atoms with van der Waals surface area (Å²) in [4.78, 5) is 16.4. The number of carbonyl (C=O) groups excluding carboxylic acids is 1. The quantitative estimate of drug-likeness (QED) is 0.385. The normalized spacial score (nSPS) is 11.5. The molecule has 10 heteroatoms. The molecule has 0 unspecified atom stereocenters. The van der Waals surface area contributed by atoms with Crippen molar-refractivity contribution in [2.24, 2.45) is 0 Å². The van der Waals surface area contributed by atoms with Crippen molar-refractivity contribution < 1.29 is 22.4 Å². The van der Waals surface area contributed by atoms with Crippen LogP contribution in [0.1, 0.15) is 12.5 Å². The highest BCUT2D eigenvalue weighted by Crippen LogP contribution is 2.31. The number of carbonyl (C=O) groups is 1. The van der Waals surface area contributed by atoms with Crippen LogP contribution in [-0.2, 0) is 12.7 Å². The van der Waals surface area contributed by atoms with Gasteiger partial charge in [0.1, 0.15) is 5.82 Å². The number of urea groups is 1. The number of amides is 2. The van der Waals surface area contributed by atoms with E-state index < -0.39 is 23.6 Å². The van der Waals surface area contributed by atoms with Crippen molar-refractivity contribution in [2.75, 3.05) is 10.6 Å². The number of rotatable bonds is 4. The van der Waals surface area contributed by atoms with Gasteiger partial charge in [-0.05, 0) is 42.8 Å². The van der Waals surface area contributed by atoms with Crippen molar-refractivity contribution in [1.82, 2.24) is 14.8 Å². The summed E-state index contributed by atoms with van der Waals surface area (Å²) >= 11 is 0. The van der Waals surface area contributed by atoms with Crippen LogP contribution >= 0.6 is 0 Å². The van der Waals surface area contributed by atoms with E-state index in [9.17, 15) is 22.4 Å². The molecule has 2 aromatic carbocycles. The van der Waals surface area contributed by atoms with Gasteiger partial charge in [0, 0.05) is 29.4 Å². The standard InChI is InChI=1S/C22H17F4N5O/c1-2-31-20-12-27-10-16(17(20)11-28-31)13-6-7-19(18(23)8-13)30-21(32)29-15-5-3-4-14(9-15)22(24,25)26/h3-12H,2H2,1H3,(H2,29,30,32). The fraction of sp³-hybridized carbons (Fsp3) is 0.136. The van der Waals surface area contributed by atoms with E-state index in [4.69, 9.17) is 0 Å². The maximum Gasteiger partial charge on any atom is 0.416 e. The Bertz CT molecular complexity index is 1300. The fourth-order valence-electron chi connectivity index (χ4n) is 3.31. The molecule has 0 spiro atoms. The molecular formula is C22H17F4N5O. The first-order valence-corrected chi connectivity index (χ1v) is 9.61. The van der Waals surface area contributed by atoms with Crippen molar-refractivity contribution >= 4 is 28.3 Å². The molecule has 6 nitrogen and oxygen atoms in total. The number of hydrogen-bond acceptors (Lipinski definition) is 3. The Morgan fingerprint density at radius 1 is 1.06 bits per heavy atom. The molecule has 32 heavy (non-hydrogen) atoms. The van der Waals surface area contributed by atoms with E-state index in [2.05, 4.69) is 20.7 Å². The summed E-state index contributed by atoms with van der Waals surface area (Å²) in [6.07, 6.45) is 0.426. The van der Waals surface area contributed by atoms with Gasteiger partial charge in [-0.1, -0.05) is 12.1 Å². The zero-order chi connectivity index (χ0) is 22.9. The lowest BCUT2D eigenvalue weighted by atomic mass is 10.0. The summed E-state index contributed by atoms with van der Waals surface area (Å²) in [5.74, 6) is -0.707. The highest BCUT2D eigenvalue weighted by Gasteiger charge is 2.30. The lowest BCUT2D eigenvalue weighted by molar-refractivity contribution is -0.137. The van der Waals surface area contributed by atoms with E-state index in [1.165, 1.54) is 24.3 Å². The molecule has 0 atom stereocenters. The van der Waals surface area contributed by atoms with Gasteiger partial charge < -0.3 is 10.6 Å². The summed E-state index contributed by atoms with van der Waals surface area (Å²) in [5.41, 5.74) is 0.942. The van der Waals surface area contributed by atoms with Crippen molar-refractivity contribution in [3.05, 3.63) is 72.4 Å². The highest BCUT2D eigenvalue weighted by atomic mass is 19.4. The number of pyridine rings is 1. The zero-order valence-electron chi connectivity index (χ0n) is 16.7. The van der Waals surface area contributed by atoms with E-state index in [0.717, 1.165) is 23.0 Å². The average molecular weight is 443 g/mol. The molecular weight excluding hydrogens is 426 g/mol. The Morgan fingerprint density at radius 2 is 1.88 bits per heavy atom. The van der Waals surface area contributed by atoms with Gasteiger partial charge in [-0.2, -0.15) is 18.3 Å². The molecule has 2 heterocycles. The predicted octanol–water partition coefficient (Wildman–Crippen LogP) is 5.92. The van der Waals surface area contributed by atoms with Crippen LogP contribution in [0, 0.1) is 5.82 Å². The molecule has 2 N–H and O–H groups in total. The molecule has 4 aromatic rings. The number of benzene rings is 2. The van der Waals surface area contributed by atoms with Gasteiger partial charge in [-0.25, -0.2) is 9.18 Å². The Balaban J connectivity index is 1.53. The summed E-state index contributed by atoms with van der Waals surface area (Å²) in [6.45, 7) is 2.61. The Labute approximate surface area is 179 Å². The zero-order valence-corrected chi connectivity index (χ0v) is 16.7. The van der Waals surface area contributed by atoms with Gasteiger partial charge in [-0.15, -0.1) is 0 Å². The second-order valence-electron chi connectivity index (χ2n) is 6.93. The molecule has 0 aliphatic carbocycles. The number of aromatic nitrogens is 3. The molecule has 164 valence electrons. The molecule has 0 bridgehead atoms. The number of aryl methyl sites for hydroxylation is 1. The van der Waals surface area contributed by atoms with Gasteiger partial charge in [0.05, 0.1) is 29.2 Å². The second kappa shape index (κ2) is 8.29. The summed E-state index contributed by atoms with van der Waals surface area (Å²) < 4.78 is 54.9. The minimum atomic E-state index is -4.54. The number of hydrogen-bond donors (Lipinski definition) is 2. The first kappa shape index (κ1) is 21.3. The number of fused-ring (bicyclic) bond motifs is 1. The summed E-state index contributed by atoms with van der Waals surface area (Å²) in [6, 6.07) is 7.53. The Kier molecular flexibility index (Phi) is 5.52. The SMILES string of the molecule is CCn1ncc2c(-c3ccc(NC(=O)Nc4cccc(C(F)(F)F)c4)c(F)c3)cncc21. The molecule has 0 radical (unpaired) electrons. The van der Waals surface area contributed by atoms with Crippen molar-refractivity contribution in [3.8, 4) is 11.1 Å². The van der Waals surface area contributed by atoms with Gasteiger partial charge in [-0.3, -0.25) is 9.67 Å². The number of nitrogens with zero attached hydrogens (tertiary/aromatic N) is 3. The number of nitrogens with one attached hydrogen (secondary N) is 2. The predicted molar refractivity (Wildman–Crippen MR) is 113 cm³/mol. The van der Waals surface area contributed by atoms with Crippen LogP contribution < -0.4 is 10.6 Å². The van der Waals surface area contributed by atoms with E-state index in [1.54, 1.807) is 29.3 Å². The van der Waals surface area contributed by atoms with Crippen LogP contribution in [0.4, 0.5) is 33.7 Å². The van der Waals surface area contributed by atoms with E-state index >= 15 is 0 Å². The maximum atomic E-state index is 14.7. The average Bonchev–Trinajstić information content (AvgIpc) is 3.18. The van der Waals surface area contributed by atoms with Crippen molar-refractivity contribution in [2.45, 2.75) is 19.6 Å². The fourth-order valence-corrected chi connectivity index (χ4v) is 3.31. The number of alkyl halides is 3. The Morgan fingerprint density at radius 3 is 2.59 bits per heavy atom. The minimum absolute atomic E-state index is 0.0694.